The van der Waals surface area contributed by atoms with Gasteiger partial charge in [-0.25, -0.2) is 0 Å². The van der Waals surface area contributed by atoms with Gasteiger partial charge in [-0.05, 0) is 39.4 Å². The highest BCUT2D eigenvalue weighted by Gasteiger charge is 2.06. The Labute approximate surface area is 114 Å². The summed E-state index contributed by atoms with van der Waals surface area (Å²) in [6.07, 6.45) is 7.73. The number of hydrogen-bond donors (Lipinski definition) is 0. The van der Waals surface area contributed by atoms with Crippen molar-refractivity contribution in [2.45, 2.75) is 58.8 Å². The minimum atomic E-state index is 0.314. The van der Waals surface area contributed by atoms with Crippen molar-refractivity contribution in [3.05, 3.63) is 0 Å². The Kier molecular flexibility index (Phi) is 11.2. The zero-order valence-corrected chi connectivity index (χ0v) is 12.9. The van der Waals surface area contributed by atoms with E-state index in [1.807, 2.05) is 11.9 Å². The van der Waals surface area contributed by atoms with Gasteiger partial charge in [-0.3, -0.25) is 4.79 Å². The Morgan fingerprint density at radius 2 is 1.56 bits per heavy atom. The van der Waals surface area contributed by atoms with Gasteiger partial charge in [0.25, 0.3) is 0 Å². The van der Waals surface area contributed by atoms with Crippen molar-refractivity contribution in [3.63, 3.8) is 0 Å². The van der Waals surface area contributed by atoms with E-state index >= 15 is 0 Å². The van der Waals surface area contributed by atoms with Crippen LogP contribution in [0.4, 0.5) is 0 Å². The van der Waals surface area contributed by atoms with Crippen LogP contribution in [0.2, 0.25) is 0 Å². The van der Waals surface area contributed by atoms with Crippen molar-refractivity contribution < 1.29 is 4.79 Å². The molecule has 0 N–H and O–H groups in total. The fraction of sp³-hybridized carbons (Fsp3) is 0.933. The SMILES string of the molecule is CCCCN(C)C(=O)CCCCCCN(C)CC. The molecule has 0 saturated carbocycles. The summed E-state index contributed by atoms with van der Waals surface area (Å²) in [5, 5.41) is 0. The molecule has 0 aliphatic carbocycles. The second-order valence-electron chi connectivity index (χ2n) is 5.23. The smallest absolute Gasteiger partial charge is 0.222 e. The van der Waals surface area contributed by atoms with Gasteiger partial charge in [0.05, 0.1) is 0 Å². The van der Waals surface area contributed by atoms with E-state index in [2.05, 4.69) is 25.8 Å². The summed E-state index contributed by atoms with van der Waals surface area (Å²) < 4.78 is 0. The lowest BCUT2D eigenvalue weighted by molar-refractivity contribution is -0.130. The van der Waals surface area contributed by atoms with Crippen molar-refractivity contribution in [2.75, 3.05) is 33.7 Å². The number of unbranched alkanes of at least 4 members (excludes halogenated alkanes) is 4. The number of nitrogens with zero attached hydrogens (tertiary/aromatic N) is 2. The van der Waals surface area contributed by atoms with E-state index in [1.54, 1.807) is 0 Å². The first kappa shape index (κ1) is 17.4. The van der Waals surface area contributed by atoms with Crippen molar-refractivity contribution in [2.24, 2.45) is 0 Å². The molecule has 0 aromatic heterocycles. The molecule has 0 atom stereocenters. The predicted octanol–water partition coefficient (Wildman–Crippen LogP) is 3.15. The second-order valence-corrected chi connectivity index (χ2v) is 5.23. The van der Waals surface area contributed by atoms with E-state index in [4.69, 9.17) is 0 Å². The molecule has 0 radical (unpaired) electrons. The standard InChI is InChI=1S/C15H32N2O/c1-5-7-14-17(4)15(18)12-10-8-9-11-13-16(3)6-2/h5-14H2,1-4H3. The Bertz CT molecular complexity index is 207. The van der Waals surface area contributed by atoms with Gasteiger partial charge in [-0.1, -0.05) is 33.1 Å². The summed E-state index contributed by atoms with van der Waals surface area (Å²) in [7, 11) is 4.08. The lowest BCUT2D eigenvalue weighted by atomic mass is 10.1. The molecule has 0 fully saturated rings. The molecule has 0 aromatic carbocycles. The van der Waals surface area contributed by atoms with Crippen molar-refractivity contribution in [3.8, 4) is 0 Å². The molecule has 0 aliphatic heterocycles. The number of carbonyl (C=O) groups is 1. The third-order valence-corrected chi connectivity index (χ3v) is 3.49. The van der Waals surface area contributed by atoms with Gasteiger partial charge in [0.1, 0.15) is 0 Å². The summed E-state index contributed by atoms with van der Waals surface area (Å²) >= 11 is 0. The molecule has 0 bridgehead atoms. The normalized spacial score (nSPS) is 10.9. The summed E-state index contributed by atoms with van der Waals surface area (Å²) in [4.78, 5) is 16.0. The zero-order chi connectivity index (χ0) is 13.8. The highest BCUT2D eigenvalue weighted by molar-refractivity contribution is 5.75. The lowest BCUT2D eigenvalue weighted by Crippen LogP contribution is -2.27. The topological polar surface area (TPSA) is 23.6 Å². The van der Waals surface area contributed by atoms with Crippen molar-refractivity contribution in [1.82, 2.24) is 9.80 Å². The van der Waals surface area contributed by atoms with Crippen LogP contribution in [-0.4, -0.2) is 49.4 Å². The summed E-state index contributed by atoms with van der Waals surface area (Å²) in [6, 6.07) is 0. The Balaban J connectivity index is 3.40. The maximum atomic E-state index is 11.8. The molecule has 0 aromatic rings. The molecule has 1 amide bonds. The van der Waals surface area contributed by atoms with Gasteiger partial charge < -0.3 is 9.80 Å². The van der Waals surface area contributed by atoms with E-state index in [9.17, 15) is 4.79 Å². The molecule has 18 heavy (non-hydrogen) atoms. The molecule has 3 nitrogen and oxygen atoms in total. The number of hydrogen-bond acceptors (Lipinski definition) is 2. The molecule has 0 saturated heterocycles. The van der Waals surface area contributed by atoms with Crippen LogP contribution in [0.3, 0.4) is 0 Å². The van der Waals surface area contributed by atoms with Gasteiger partial charge in [0.15, 0.2) is 0 Å². The molecule has 3 heteroatoms. The van der Waals surface area contributed by atoms with E-state index in [0.29, 0.717) is 5.91 Å². The van der Waals surface area contributed by atoms with E-state index < -0.39 is 0 Å². The summed E-state index contributed by atoms with van der Waals surface area (Å²) in [5.74, 6) is 0.314. The minimum Gasteiger partial charge on any atom is -0.346 e. The van der Waals surface area contributed by atoms with Gasteiger partial charge in [-0.15, -0.1) is 0 Å². The minimum absolute atomic E-state index is 0.314. The molecule has 0 heterocycles. The van der Waals surface area contributed by atoms with Crippen LogP contribution in [0.15, 0.2) is 0 Å². The average Bonchev–Trinajstić information content (AvgIpc) is 2.39. The van der Waals surface area contributed by atoms with Crippen LogP contribution in [0.25, 0.3) is 0 Å². The zero-order valence-electron chi connectivity index (χ0n) is 12.9. The lowest BCUT2D eigenvalue weighted by Gasteiger charge is -2.16. The van der Waals surface area contributed by atoms with Crippen LogP contribution in [0, 0.1) is 0 Å². The quantitative estimate of drug-likeness (QED) is 0.530. The first-order chi connectivity index (χ1) is 8.61. The second kappa shape index (κ2) is 11.5. The first-order valence-electron chi connectivity index (χ1n) is 7.54. The Hall–Kier alpha value is -0.570. The molecular weight excluding hydrogens is 224 g/mol. The van der Waals surface area contributed by atoms with Crippen molar-refractivity contribution in [1.29, 1.82) is 0 Å². The Morgan fingerprint density at radius 3 is 2.17 bits per heavy atom. The van der Waals surface area contributed by atoms with E-state index in [0.717, 1.165) is 38.8 Å². The molecular formula is C15H32N2O. The molecule has 0 rings (SSSR count). The number of rotatable bonds is 11. The number of carbonyl (C=O) groups excluding carboxylic acids is 1. The highest BCUT2D eigenvalue weighted by atomic mass is 16.2. The number of amides is 1. The van der Waals surface area contributed by atoms with Crippen LogP contribution in [0.5, 0.6) is 0 Å². The third-order valence-electron chi connectivity index (χ3n) is 3.49. The van der Waals surface area contributed by atoms with Crippen LogP contribution in [0.1, 0.15) is 58.8 Å². The summed E-state index contributed by atoms with van der Waals surface area (Å²) in [5.41, 5.74) is 0. The summed E-state index contributed by atoms with van der Waals surface area (Å²) in [6.45, 7) is 7.56. The van der Waals surface area contributed by atoms with Crippen LogP contribution in [-0.2, 0) is 4.79 Å². The van der Waals surface area contributed by atoms with E-state index in [1.165, 1.54) is 25.8 Å². The maximum absolute atomic E-state index is 11.8. The van der Waals surface area contributed by atoms with Gasteiger partial charge >= 0.3 is 0 Å². The van der Waals surface area contributed by atoms with E-state index in [-0.39, 0.29) is 0 Å². The fourth-order valence-corrected chi connectivity index (χ4v) is 1.88. The third kappa shape index (κ3) is 9.46. The maximum Gasteiger partial charge on any atom is 0.222 e. The first-order valence-corrected chi connectivity index (χ1v) is 7.54. The van der Waals surface area contributed by atoms with Gasteiger partial charge in [0, 0.05) is 20.0 Å². The molecule has 108 valence electrons. The van der Waals surface area contributed by atoms with Gasteiger partial charge in [-0.2, -0.15) is 0 Å². The fourth-order valence-electron chi connectivity index (χ4n) is 1.88. The van der Waals surface area contributed by atoms with Crippen molar-refractivity contribution >= 4 is 5.91 Å². The molecule has 0 aliphatic rings. The monoisotopic (exact) mass is 256 g/mol. The molecule has 0 spiro atoms. The Morgan fingerprint density at radius 1 is 0.889 bits per heavy atom. The average molecular weight is 256 g/mol. The van der Waals surface area contributed by atoms with Crippen LogP contribution >= 0.6 is 0 Å². The molecule has 0 unspecified atom stereocenters. The largest absolute Gasteiger partial charge is 0.346 e. The van der Waals surface area contributed by atoms with Crippen LogP contribution < -0.4 is 0 Å². The van der Waals surface area contributed by atoms with Gasteiger partial charge in [0.2, 0.25) is 5.91 Å². The highest BCUT2D eigenvalue weighted by Crippen LogP contribution is 2.06. The predicted molar refractivity (Wildman–Crippen MR) is 78.8 cm³/mol.